The number of nitrogens with zero attached hydrogens (tertiary/aromatic N) is 3. The predicted molar refractivity (Wildman–Crippen MR) is 90.4 cm³/mol. The lowest BCUT2D eigenvalue weighted by Crippen LogP contribution is -2.22. The average molecular weight is 368 g/mol. The van der Waals surface area contributed by atoms with Crippen molar-refractivity contribution in [3.8, 4) is 0 Å². The summed E-state index contributed by atoms with van der Waals surface area (Å²) in [5.41, 5.74) is 0.196. The van der Waals surface area contributed by atoms with Gasteiger partial charge in [-0.15, -0.1) is 5.10 Å². The van der Waals surface area contributed by atoms with Crippen LogP contribution in [0.4, 0.5) is 11.4 Å². The topological polar surface area (TPSA) is 114 Å². The van der Waals surface area contributed by atoms with Gasteiger partial charge in [0.25, 0.3) is 5.69 Å². The fourth-order valence-corrected chi connectivity index (χ4v) is 2.97. The number of nitro benzene ring substituents is 1. The first-order valence-electron chi connectivity index (χ1n) is 7.28. The van der Waals surface area contributed by atoms with Crippen LogP contribution in [0.1, 0.15) is 31.5 Å². The van der Waals surface area contributed by atoms with Gasteiger partial charge in [-0.3, -0.25) is 20.0 Å². The van der Waals surface area contributed by atoms with Crippen molar-refractivity contribution < 1.29 is 9.72 Å². The third-order valence-electron chi connectivity index (χ3n) is 3.52. The number of nitro groups is 1. The van der Waals surface area contributed by atoms with Gasteiger partial charge in [0.1, 0.15) is 5.82 Å². The molecule has 1 aliphatic carbocycles. The van der Waals surface area contributed by atoms with Gasteiger partial charge in [-0.25, -0.2) is 4.98 Å². The zero-order chi connectivity index (χ0) is 17.3. The van der Waals surface area contributed by atoms with Crippen molar-refractivity contribution in [1.29, 1.82) is 0 Å². The second-order valence-electron chi connectivity index (χ2n) is 5.45. The van der Waals surface area contributed by atoms with E-state index >= 15 is 0 Å². The number of carbonyl (C=O) groups is 1. The Hall–Kier alpha value is -2.13. The highest BCUT2D eigenvalue weighted by Gasteiger charge is 2.28. The monoisotopic (exact) mass is 367 g/mol. The minimum absolute atomic E-state index is 0.115. The Morgan fingerprint density at radius 2 is 2.29 bits per heavy atom. The summed E-state index contributed by atoms with van der Waals surface area (Å²) in [6, 6.07) is 3.90. The van der Waals surface area contributed by atoms with Crippen molar-refractivity contribution in [2.45, 2.75) is 36.1 Å². The molecule has 1 aromatic carbocycles. The molecule has 126 valence electrons. The molecule has 0 saturated heterocycles. The largest absolute Gasteiger partial charge is 0.324 e. The molecule has 10 heteroatoms. The number of aromatic amines is 1. The highest BCUT2D eigenvalue weighted by molar-refractivity contribution is 8.00. The van der Waals surface area contributed by atoms with Crippen LogP contribution < -0.4 is 5.32 Å². The number of H-pyrrole nitrogens is 1. The van der Waals surface area contributed by atoms with Crippen LogP contribution in [0.5, 0.6) is 0 Å². The minimum Gasteiger partial charge on any atom is -0.324 e. The summed E-state index contributed by atoms with van der Waals surface area (Å²) in [5.74, 6) is 1.05. The first kappa shape index (κ1) is 16.7. The van der Waals surface area contributed by atoms with Gasteiger partial charge < -0.3 is 5.32 Å². The lowest BCUT2D eigenvalue weighted by molar-refractivity contribution is -0.384. The Bertz CT molecular complexity index is 792. The molecule has 24 heavy (non-hydrogen) atoms. The van der Waals surface area contributed by atoms with Crippen LogP contribution in [0, 0.1) is 10.1 Å². The van der Waals surface area contributed by atoms with Crippen molar-refractivity contribution in [3.05, 3.63) is 39.2 Å². The van der Waals surface area contributed by atoms with E-state index in [1.165, 1.54) is 30.0 Å². The molecule has 1 aromatic heterocycles. The van der Waals surface area contributed by atoms with Crippen LogP contribution in [-0.2, 0) is 4.79 Å². The van der Waals surface area contributed by atoms with Gasteiger partial charge in [0.05, 0.1) is 20.9 Å². The van der Waals surface area contributed by atoms with E-state index in [9.17, 15) is 14.9 Å². The van der Waals surface area contributed by atoms with Crippen molar-refractivity contribution in [2.24, 2.45) is 0 Å². The van der Waals surface area contributed by atoms with Gasteiger partial charge >= 0.3 is 0 Å². The standard InChI is InChI=1S/C14H14ClN5O3S/c1-7(24-14-17-12(18-19-14)8-2-3-8)13(21)16-11-5-4-9(20(22)23)6-10(11)15/h4-8H,2-3H2,1H3,(H,16,21)(H,17,18,19). The normalized spacial score (nSPS) is 15.1. The molecule has 3 rings (SSSR count). The Labute approximate surface area is 146 Å². The molecule has 1 unspecified atom stereocenters. The van der Waals surface area contributed by atoms with Gasteiger partial charge in [0.2, 0.25) is 11.1 Å². The summed E-state index contributed by atoms with van der Waals surface area (Å²) in [6.07, 6.45) is 2.24. The zero-order valence-corrected chi connectivity index (χ0v) is 14.2. The number of hydrogen-bond acceptors (Lipinski definition) is 6. The molecule has 8 nitrogen and oxygen atoms in total. The number of amides is 1. The van der Waals surface area contributed by atoms with Crippen LogP contribution in [0.3, 0.4) is 0 Å². The summed E-state index contributed by atoms with van der Waals surface area (Å²) in [6.45, 7) is 1.73. The van der Waals surface area contributed by atoms with E-state index in [1.54, 1.807) is 6.92 Å². The van der Waals surface area contributed by atoms with Crippen LogP contribution >= 0.6 is 23.4 Å². The SMILES string of the molecule is CC(Sc1n[nH]c(C2CC2)n1)C(=O)Nc1ccc([N+](=O)[O-])cc1Cl. The van der Waals surface area contributed by atoms with Gasteiger partial charge in [0.15, 0.2) is 0 Å². The minimum atomic E-state index is -0.545. The highest BCUT2D eigenvalue weighted by atomic mass is 35.5. The van der Waals surface area contributed by atoms with Gasteiger partial charge in [0, 0.05) is 18.1 Å². The lowest BCUT2D eigenvalue weighted by atomic mass is 10.2. The van der Waals surface area contributed by atoms with Crippen LogP contribution in [0.2, 0.25) is 5.02 Å². The third-order valence-corrected chi connectivity index (χ3v) is 4.79. The van der Waals surface area contributed by atoms with Gasteiger partial charge in [-0.05, 0) is 25.8 Å². The van der Waals surface area contributed by atoms with Gasteiger partial charge in [-0.2, -0.15) is 0 Å². The molecule has 1 saturated carbocycles. The van der Waals surface area contributed by atoms with Crippen molar-refractivity contribution in [1.82, 2.24) is 15.2 Å². The van der Waals surface area contributed by atoms with E-state index in [4.69, 9.17) is 11.6 Å². The maximum Gasteiger partial charge on any atom is 0.271 e. The Kier molecular flexibility index (Phi) is 4.72. The summed E-state index contributed by atoms with van der Waals surface area (Å²) in [4.78, 5) is 26.8. The highest BCUT2D eigenvalue weighted by Crippen LogP contribution is 2.38. The van der Waals surface area contributed by atoms with Crippen molar-refractivity contribution in [3.63, 3.8) is 0 Å². The number of anilines is 1. The molecular formula is C14H14ClN5O3S. The summed E-state index contributed by atoms with van der Waals surface area (Å²) in [7, 11) is 0. The number of carbonyl (C=O) groups excluding carboxylic acids is 1. The molecule has 1 atom stereocenters. The second kappa shape index (κ2) is 6.78. The van der Waals surface area contributed by atoms with E-state index < -0.39 is 10.2 Å². The number of thioether (sulfide) groups is 1. The van der Waals surface area contributed by atoms with E-state index in [0.29, 0.717) is 16.8 Å². The number of rotatable bonds is 6. The number of aromatic nitrogens is 3. The van der Waals surface area contributed by atoms with Crippen LogP contribution in [-0.4, -0.2) is 31.3 Å². The predicted octanol–water partition coefficient (Wildman–Crippen LogP) is 3.36. The Morgan fingerprint density at radius 3 is 2.92 bits per heavy atom. The van der Waals surface area contributed by atoms with E-state index in [0.717, 1.165) is 18.7 Å². The maximum absolute atomic E-state index is 12.3. The smallest absolute Gasteiger partial charge is 0.271 e. The third kappa shape index (κ3) is 3.85. The number of halogens is 1. The Balaban J connectivity index is 1.61. The fourth-order valence-electron chi connectivity index (χ4n) is 2.02. The molecule has 1 aliphatic rings. The Morgan fingerprint density at radius 1 is 1.54 bits per heavy atom. The molecule has 2 aromatic rings. The molecular weight excluding hydrogens is 354 g/mol. The van der Waals surface area contributed by atoms with Gasteiger partial charge in [-0.1, -0.05) is 23.4 Å². The second-order valence-corrected chi connectivity index (χ2v) is 7.16. The number of benzene rings is 1. The molecule has 0 bridgehead atoms. The molecule has 0 radical (unpaired) electrons. The van der Waals surface area contributed by atoms with E-state index in [-0.39, 0.29) is 16.6 Å². The average Bonchev–Trinajstić information content (AvgIpc) is 3.29. The van der Waals surface area contributed by atoms with Crippen LogP contribution in [0.15, 0.2) is 23.4 Å². The molecule has 2 N–H and O–H groups in total. The summed E-state index contributed by atoms with van der Waals surface area (Å²) >= 11 is 7.21. The number of hydrogen-bond donors (Lipinski definition) is 2. The fraction of sp³-hybridized carbons (Fsp3) is 0.357. The molecule has 1 heterocycles. The first-order chi connectivity index (χ1) is 11.4. The molecule has 1 fully saturated rings. The quantitative estimate of drug-likeness (QED) is 0.459. The van der Waals surface area contributed by atoms with Crippen LogP contribution in [0.25, 0.3) is 0 Å². The van der Waals surface area contributed by atoms with Crippen molar-refractivity contribution >= 4 is 40.6 Å². The first-order valence-corrected chi connectivity index (χ1v) is 8.53. The molecule has 1 amide bonds. The molecule has 0 aliphatic heterocycles. The summed E-state index contributed by atoms with van der Waals surface area (Å²) < 4.78 is 0. The summed E-state index contributed by atoms with van der Waals surface area (Å²) in [5, 5.41) is 20.5. The van der Waals surface area contributed by atoms with Crippen molar-refractivity contribution in [2.75, 3.05) is 5.32 Å². The number of nitrogens with one attached hydrogen (secondary N) is 2. The zero-order valence-electron chi connectivity index (χ0n) is 12.7. The lowest BCUT2D eigenvalue weighted by Gasteiger charge is -2.11. The number of non-ortho nitro benzene ring substituents is 1. The molecule has 0 spiro atoms. The maximum atomic E-state index is 12.3. The van der Waals surface area contributed by atoms with E-state index in [2.05, 4.69) is 20.5 Å². The van der Waals surface area contributed by atoms with E-state index in [1.807, 2.05) is 0 Å².